The molecule has 0 bridgehead atoms. The summed E-state index contributed by atoms with van der Waals surface area (Å²) >= 11 is 0. The zero-order valence-electron chi connectivity index (χ0n) is 11.7. The molecule has 0 atom stereocenters. The minimum atomic E-state index is -4.43. The molecule has 118 valence electrons. The molecular weight excluding hydrogens is 312 g/mol. The van der Waals surface area contributed by atoms with Crippen LogP contribution in [0.2, 0.25) is 0 Å². The van der Waals surface area contributed by atoms with E-state index in [-0.39, 0.29) is 12.2 Å². The summed E-state index contributed by atoms with van der Waals surface area (Å²) < 4.78 is 56.2. The molecule has 0 aromatic heterocycles. The summed E-state index contributed by atoms with van der Waals surface area (Å²) in [6, 6.07) is 9.86. The fourth-order valence-electron chi connectivity index (χ4n) is 2.43. The van der Waals surface area contributed by atoms with Crippen molar-refractivity contribution in [3.63, 3.8) is 0 Å². The molecule has 0 aliphatic carbocycles. The van der Waals surface area contributed by atoms with E-state index in [0.29, 0.717) is 16.7 Å². The number of cyclic esters (lactones) is 1. The molecule has 23 heavy (non-hydrogen) atoms. The minimum Gasteiger partial charge on any atom is -0.457 e. The largest absolute Gasteiger partial charge is 0.457 e. The van der Waals surface area contributed by atoms with Crippen molar-refractivity contribution in [2.75, 3.05) is 6.61 Å². The van der Waals surface area contributed by atoms with Gasteiger partial charge in [0.05, 0.1) is 11.1 Å². The Hall–Kier alpha value is -2.63. The highest BCUT2D eigenvalue weighted by Gasteiger charge is 2.31. The lowest BCUT2D eigenvalue weighted by Gasteiger charge is -2.08. The van der Waals surface area contributed by atoms with Gasteiger partial charge < -0.3 is 4.74 Å². The third-order valence-corrected chi connectivity index (χ3v) is 3.53. The average molecular weight is 322 g/mol. The van der Waals surface area contributed by atoms with Gasteiger partial charge in [0.25, 0.3) is 0 Å². The van der Waals surface area contributed by atoms with E-state index >= 15 is 0 Å². The van der Waals surface area contributed by atoms with E-state index in [1.807, 2.05) is 0 Å². The molecular formula is C17H10F4O2. The van der Waals surface area contributed by atoms with Crippen LogP contribution < -0.4 is 0 Å². The van der Waals surface area contributed by atoms with E-state index in [4.69, 9.17) is 4.74 Å². The highest BCUT2D eigenvalue weighted by molar-refractivity contribution is 6.27. The SMILES string of the molecule is O=C1OCC(c2ccc(C(F)(F)F)cc2)=C1c1cccc(F)c1. The van der Waals surface area contributed by atoms with E-state index in [1.54, 1.807) is 6.07 Å². The van der Waals surface area contributed by atoms with Crippen molar-refractivity contribution in [3.05, 3.63) is 71.0 Å². The van der Waals surface area contributed by atoms with Crippen LogP contribution in [0.3, 0.4) is 0 Å². The highest BCUT2D eigenvalue weighted by atomic mass is 19.4. The Balaban J connectivity index is 2.07. The molecule has 0 saturated carbocycles. The van der Waals surface area contributed by atoms with Crippen molar-refractivity contribution >= 4 is 17.1 Å². The zero-order valence-corrected chi connectivity index (χ0v) is 11.7. The van der Waals surface area contributed by atoms with Crippen molar-refractivity contribution < 1.29 is 27.1 Å². The smallest absolute Gasteiger partial charge is 0.416 e. The lowest BCUT2D eigenvalue weighted by atomic mass is 9.96. The van der Waals surface area contributed by atoms with Gasteiger partial charge in [-0.2, -0.15) is 13.2 Å². The topological polar surface area (TPSA) is 26.3 Å². The molecule has 1 heterocycles. The maximum absolute atomic E-state index is 13.4. The summed E-state index contributed by atoms with van der Waals surface area (Å²) in [5, 5.41) is 0. The van der Waals surface area contributed by atoms with Crippen LogP contribution in [-0.2, 0) is 15.7 Å². The van der Waals surface area contributed by atoms with Gasteiger partial charge in [0.15, 0.2) is 0 Å². The van der Waals surface area contributed by atoms with Crippen molar-refractivity contribution in [1.29, 1.82) is 0 Å². The number of hydrogen-bond donors (Lipinski definition) is 0. The second kappa shape index (κ2) is 5.53. The van der Waals surface area contributed by atoms with Gasteiger partial charge in [-0.15, -0.1) is 0 Å². The Morgan fingerprint density at radius 2 is 1.65 bits per heavy atom. The van der Waals surface area contributed by atoms with Crippen LogP contribution in [0.4, 0.5) is 17.6 Å². The molecule has 1 aliphatic heterocycles. The molecule has 0 saturated heterocycles. The predicted molar refractivity (Wildman–Crippen MR) is 75.6 cm³/mol. The standard InChI is InChI=1S/C17H10F4O2/c18-13-3-1-2-11(8-13)15-14(9-23-16(15)22)10-4-6-12(7-5-10)17(19,20)21/h1-8H,9H2. The maximum atomic E-state index is 13.4. The highest BCUT2D eigenvalue weighted by Crippen LogP contribution is 2.35. The van der Waals surface area contributed by atoms with Crippen molar-refractivity contribution in [3.8, 4) is 0 Å². The second-order valence-corrected chi connectivity index (χ2v) is 5.02. The maximum Gasteiger partial charge on any atom is 0.416 e. The fourth-order valence-corrected chi connectivity index (χ4v) is 2.43. The first-order chi connectivity index (χ1) is 10.9. The molecule has 6 heteroatoms. The minimum absolute atomic E-state index is 0.0595. The molecule has 0 radical (unpaired) electrons. The number of hydrogen-bond acceptors (Lipinski definition) is 2. The quantitative estimate of drug-likeness (QED) is 0.608. The number of ether oxygens (including phenoxy) is 1. The Labute approximate surface area is 129 Å². The number of rotatable bonds is 2. The van der Waals surface area contributed by atoms with E-state index in [2.05, 4.69) is 0 Å². The number of carbonyl (C=O) groups is 1. The number of esters is 1. The molecule has 0 fully saturated rings. The molecule has 2 aromatic carbocycles. The first-order valence-electron chi connectivity index (χ1n) is 6.70. The van der Waals surface area contributed by atoms with Crippen molar-refractivity contribution in [2.24, 2.45) is 0 Å². The summed E-state index contributed by atoms with van der Waals surface area (Å²) in [6.45, 7) is -0.0595. The molecule has 0 unspecified atom stereocenters. The first kappa shape index (κ1) is 15.3. The van der Waals surface area contributed by atoms with Crippen LogP contribution in [-0.4, -0.2) is 12.6 Å². The van der Waals surface area contributed by atoms with E-state index in [9.17, 15) is 22.4 Å². The number of halogens is 4. The molecule has 0 amide bonds. The van der Waals surface area contributed by atoms with Gasteiger partial charge in [0, 0.05) is 5.57 Å². The van der Waals surface area contributed by atoms with Crippen molar-refractivity contribution in [1.82, 2.24) is 0 Å². The molecule has 1 aliphatic rings. The molecule has 2 nitrogen and oxygen atoms in total. The predicted octanol–water partition coefficient (Wildman–Crippen LogP) is 4.31. The monoisotopic (exact) mass is 322 g/mol. The van der Waals surface area contributed by atoms with E-state index < -0.39 is 23.5 Å². The van der Waals surface area contributed by atoms with Crippen LogP contribution in [0.15, 0.2) is 48.5 Å². The van der Waals surface area contributed by atoms with Gasteiger partial charge in [-0.1, -0.05) is 24.3 Å². The fraction of sp³-hybridized carbons (Fsp3) is 0.118. The molecule has 0 N–H and O–H groups in total. The third kappa shape index (κ3) is 2.97. The Morgan fingerprint density at radius 3 is 2.26 bits per heavy atom. The van der Waals surface area contributed by atoms with Crippen LogP contribution in [0.25, 0.3) is 11.1 Å². The molecule has 0 spiro atoms. The lowest BCUT2D eigenvalue weighted by Crippen LogP contribution is -2.04. The number of alkyl halides is 3. The van der Waals surface area contributed by atoms with Gasteiger partial charge in [-0.05, 0) is 35.4 Å². The lowest BCUT2D eigenvalue weighted by molar-refractivity contribution is -0.137. The van der Waals surface area contributed by atoms with Gasteiger partial charge in [0.2, 0.25) is 0 Å². The van der Waals surface area contributed by atoms with Crippen LogP contribution in [0, 0.1) is 5.82 Å². The Kier molecular flexibility index (Phi) is 3.67. The summed E-state index contributed by atoms with van der Waals surface area (Å²) in [5.41, 5.74) is 0.600. The molecule has 3 rings (SSSR count). The summed E-state index contributed by atoms with van der Waals surface area (Å²) in [4.78, 5) is 11.9. The van der Waals surface area contributed by atoms with Crippen LogP contribution >= 0.6 is 0 Å². The van der Waals surface area contributed by atoms with E-state index in [0.717, 1.165) is 12.1 Å². The van der Waals surface area contributed by atoms with Gasteiger partial charge in [-0.3, -0.25) is 0 Å². The van der Waals surface area contributed by atoms with Gasteiger partial charge >= 0.3 is 12.1 Å². The molecule has 2 aromatic rings. The first-order valence-corrected chi connectivity index (χ1v) is 6.70. The van der Waals surface area contributed by atoms with E-state index in [1.165, 1.54) is 30.3 Å². The Morgan fingerprint density at radius 1 is 0.957 bits per heavy atom. The van der Waals surface area contributed by atoms with Crippen molar-refractivity contribution in [2.45, 2.75) is 6.18 Å². The zero-order chi connectivity index (χ0) is 16.6. The number of benzene rings is 2. The van der Waals surface area contributed by atoms with Crippen LogP contribution in [0.1, 0.15) is 16.7 Å². The van der Waals surface area contributed by atoms with Gasteiger partial charge in [0.1, 0.15) is 12.4 Å². The van der Waals surface area contributed by atoms with Crippen LogP contribution in [0.5, 0.6) is 0 Å². The number of carbonyl (C=O) groups excluding carboxylic acids is 1. The Bertz CT molecular complexity index is 789. The average Bonchev–Trinajstić information content (AvgIpc) is 2.88. The summed E-state index contributed by atoms with van der Waals surface area (Å²) in [6.07, 6.45) is -4.43. The summed E-state index contributed by atoms with van der Waals surface area (Å²) in [5.74, 6) is -1.13. The van der Waals surface area contributed by atoms with Gasteiger partial charge in [-0.25, -0.2) is 9.18 Å². The third-order valence-electron chi connectivity index (χ3n) is 3.53. The normalized spacial score (nSPS) is 15.0. The summed E-state index contributed by atoms with van der Waals surface area (Å²) in [7, 11) is 0. The second-order valence-electron chi connectivity index (χ2n) is 5.02.